The van der Waals surface area contributed by atoms with Gasteiger partial charge in [-0.1, -0.05) is 11.3 Å². The number of nitrogens with zero attached hydrogens (tertiary/aromatic N) is 3. The van der Waals surface area contributed by atoms with Gasteiger partial charge in [-0.3, -0.25) is 10.1 Å². The summed E-state index contributed by atoms with van der Waals surface area (Å²) in [7, 11) is 0. The molecule has 0 saturated heterocycles. The van der Waals surface area contributed by atoms with Crippen molar-refractivity contribution in [3.63, 3.8) is 0 Å². The molecule has 0 fully saturated rings. The molecule has 17 heavy (non-hydrogen) atoms. The molecule has 2 rings (SSSR count). The number of anilines is 2. The first-order chi connectivity index (χ1) is 8.19. The van der Waals surface area contributed by atoms with E-state index in [1.54, 1.807) is 6.20 Å². The van der Waals surface area contributed by atoms with Gasteiger partial charge in [-0.15, -0.1) is 0 Å². The van der Waals surface area contributed by atoms with Crippen LogP contribution in [0.25, 0.3) is 0 Å². The van der Waals surface area contributed by atoms with E-state index in [1.807, 2.05) is 0 Å². The standard InChI is InChI=1S/C8H7BrN6OS/c9-5-2-13-8(17-5)14-7(16)4-1-12-6(15-10)3-11-4/h1-3H,10H2,(H,12,15)(H,13,14,16). The zero-order valence-corrected chi connectivity index (χ0v) is 10.7. The fourth-order valence-electron chi connectivity index (χ4n) is 0.993. The SMILES string of the molecule is NNc1cnc(C(=O)Nc2ncc(Br)s2)cn1. The van der Waals surface area contributed by atoms with E-state index >= 15 is 0 Å². The van der Waals surface area contributed by atoms with Gasteiger partial charge in [-0.25, -0.2) is 20.8 Å². The third-order valence-corrected chi connectivity index (χ3v) is 3.12. The summed E-state index contributed by atoms with van der Waals surface area (Å²) in [6.45, 7) is 0. The second-order valence-electron chi connectivity index (χ2n) is 2.85. The number of carbonyl (C=O) groups excluding carboxylic acids is 1. The summed E-state index contributed by atoms with van der Waals surface area (Å²) in [5.74, 6) is 5.15. The molecule has 4 N–H and O–H groups in total. The predicted molar refractivity (Wildman–Crippen MR) is 67.6 cm³/mol. The minimum absolute atomic E-state index is 0.190. The number of nitrogens with two attached hydrogens (primary N) is 1. The van der Waals surface area contributed by atoms with Gasteiger partial charge >= 0.3 is 0 Å². The number of thiazole rings is 1. The van der Waals surface area contributed by atoms with Crippen LogP contribution in [0.4, 0.5) is 10.9 Å². The second-order valence-corrected chi connectivity index (χ2v) is 5.26. The molecule has 0 aliphatic heterocycles. The van der Waals surface area contributed by atoms with Crippen molar-refractivity contribution in [2.24, 2.45) is 5.84 Å². The molecule has 9 heteroatoms. The molecule has 0 aliphatic carbocycles. The lowest BCUT2D eigenvalue weighted by molar-refractivity contribution is 0.102. The molecule has 0 spiro atoms. The molecular formula is C8H7BrN6OS. The maximum absolute atomic E-state index is 11.7. The van der Waals surface area contributed by atoms with Crippen LogP contribution >= 0.6 is 27.3 Å². The molecule has 0 aromatic carbocycles. The molecule has 0 atom stereocenters. The van der Waals surface area contributed by atoms with Crippen molar-refractivity contribution in [2.75, 3.05) is 10.7 Å². The van der Waals surface area contributed by atoms with Gasteiger partial charge in [0, 0.05) is 0 Å². The van der Waals surface area contributed by atoms with Crippen molar-refractivity contribution in [1.29, 1.82) is 0 Å². The van der Waals surface area contributed by atoms with Crippen molar-refractivity contribution >= 4 is 44.1 Å². The summed E-state index contributed by atoms with van der Waals surface area (Å²) in [4.78, 5) is 23.5. The van der Waals surface area contributed by atoms with Gasteiger partial charge in [-0.05, 0) is 15.9 Å². The van der Waals surface area contributed by atoms with Crippen molar-refractivity contribution in [3.8, 4) is 0 Å². The van der Waals surface area contributed by atoms with E-state index < -0.39 is 0 Å². The first-order valence-corrected chi connectivity index (χ1v) is 6.01. The topological polar surface area (TPSA) is 106 Å². The van der Waals surface area contributed by atoms with Crippen LogP contribution in [0.2, 0.25) is 0 Å². The average molecular weight is 315 g/mol. The normalized spacial score (nSPS) is 10.0. The number of carbonyl (C=O) groups is 1. The Morgan fingerprint density at radius 3 is 2.65 bits per heavy atom. The lowest BCUT2D eigenvalue weighted by Crippen LogP contribution is -2.15. The van der Waals surface area contributed by atoms with Crippen molar-refractivity contribution in [3.05, 3.63) is 28.1 Å². The van der Waals surface area contributed by atoms with Crippen molar-refractivity contribution in [2.45, 2.75) is 0 Å². The summed E-state index contributed by atoms with van der Waals surface area (Å²) in [6.07, 6.45) is 4.30. The Morgan fingerprint density at radius 1 is 1.29 bits per heavy atom. The molecule has 1 amide bonds. The van der Waals surface area contributed by atoms with E-state index in [0.717, 1.165) is 3.79 Å². The van der Waals surface area contributed by atoms with E-state index in [4.69, 9.17) is 5.84 Å². The Morgan fingerprint density at radius 2 is 2.12 bits per heavy atom. The number of nitrogens with one attached hydrogen (secondary N) is 2. The van der Waals surface area contributed by atoms with Crippen LogP contribution < -0.4 is 16.6 Å². The van der Waals surface area contributed by atoms with Gasteiger partial charge in [0.15, 0.2) is 10.9 Å². The van der Waals surface area contributed by atoms with Crippen LogP contribution in [0, 0.1) is 0 Å². The molecule has 2 heterocycles. The van der Waals surface area contributed by atoms with Gasteiger partial charge < -0.3 is 5.43 Å². The smallest absolute Gasteiger partial charge is 0.277 e. The Labute approximate surface area is 109 Å². The van der Waals surface area contributed by atoms with Gasteiger partial charge in [0.25, 0.3) is 5.91 Å². The summed E-state index contributed by atoms with van der Waals surface area (Å²) < 4.78 is 0.835. The highest BCUT2D eigenvalue weighted by Gasteiger charge is 2.10. The number of hydrogen-bond acceptors (Lipinski definition) is 7. The molecule has 7 nitrogen and oxygen atoms in total. The van der Waals surface area contributed by atoms with Crippen LogP contribution in [-0.2, 0) is 0 Å². The van der Waals surface area contributed by atoms with Gasteiger partial charge in [0.05, 0.1) is 22.4 Å². The van der Waals surface area contributed by atoms with Crippen molar-refractivity contribution in [1.82, 2.24) is 15.0 Å². The number of amides is 1. The molecule has 0 radical (unpaired) electrons. The average Bonchev–Trinajstić information content (AvgIpc) is 2.75. The maximum Gasteiger partial charge on any atom is 0.277 e. The minimum atomic E-state index is -0.372. The van der Waals surface area contributed by atoms with E-state index in [1.165, 1.54) is 23.7 Å². The van der Waals surface area contributed by atoms with Crippen LogP contribution in [0.15, 0.2) is 22.4 Å². The number of aromatic nitrogens is 3. The third-order valence-electron chi connectivity index (χ3n) is 1.73. The van der Waals surface area contributed by atoms with E-state index in [9.17, 15) is 4.79 Å². The largest absolute Gasteiger partial charge is 0.307 e. The zero-order chi connectivity index (χ0) is 12.3. The fraction of sp³-hybridized carbons (Fsp3) is 0. The molecule has 0 aliphatic rings. The minimum Gasteiger partial charge on any atom is -0.307 e. The number of halogens is 1. The maximum atomic E-state index is 11.7. The predicted octanol–water partition coefficient (Wildman–Crippen LogP) is 1.23. The Hall–Kier alpha value is -1.58. The highest BCUT2D eigenvalue weighted by Crippen LogP contribution is 2.23. The quantitative estimate of drug-likeness (QED) is 0.581. The Kier molecular flexibility index (Phi) is 3.61. The molecule has 88 valence electrons. The number of rotatable bonds is 3. The van der Waals surface area contributed by atoms with E-state index in [0.29, 0.717) is 10.9 Å². The Balaban J connectivity index is 2.09. The van der Waals surface area contributed by atoms with Crippen molar-refractivity contribution < 1.29 is 4.79 Å². The van der Waals surface area contributed by atoms with Crippen LogP contribution in [0.3, 0.4) is 0 Å². The van der Waals surface area contributed by atoms with Crippen LogP contribution in [0.1, 0.15) is 10.5 Å². The van der Waals surface area contributed by atoms with Gasteiger partial charge in [-0.2, -0.15) is 0 Å². The zero-order valence-electron chi connectivity index (χ0n) is 8.35. The fourth-order valence-corrected chi connectivity index (χ4v) is 2.09. The number of nitrogen functional groups attached to an aromatic ring is 1. The highest BCUT2D eigenvalue weighted by molar-refractivity contribution is 9.11. The molecular weight excluding hydrogens is 308 g/mol. The van der Waals surface area contributed by atoms with Gasteiger partial charge in [0.1, 0.15) is 5.69 Å². The summed E-state index contributed by atoms with van der Waals surface area (Å²) >= 11 is 4.56. The summed E-state index contributed by atoms with van der Waals surface area (Å²) in [6, 6.07) is 0. The molecule has 0 bridgehead atoms. The second kappa shape index (κ2) is 5.17. The third kappa shape index (κ3) is 2.96. The molecule has 2 aromatic rings. The van der Waals surface area contributed by atoms with Gasteiger partial charge in [0.2, 0.25) is 0 Å². The first kappa shape index (κ1) is 11.9. The summed E-state index contributed by atoms with van der Waals surface area (Å²) in [5, 5.41) is 3.09. The molecule has 2 aromatic heterocycles. The lowest BCUT2D eigenvalue weighted by Gasteiger charge is -2.01. The lowest BCUT2D eigenvalue weighted by atomic mass is 10.4. The molecule has 0 saturated carbocycles. The van der Waals surface area contributed by atoms with Crippen LogP contribution in [0.5, 0.6) is 0 Å². The number of hydrogen-bond donors (Lipinski definition) is 3. The summed E-state index contributed by atoms with van der Waals surface area (Å²) in [5.41, 5.74) is 2.51. The van der Waals surface area contributed by atoms with E-state index in [-0.39, 0.29) is 11.6 Å². The van der Waals surface area contributed by atoms with Crippen LogP contribution in [-0.4, -0.2) is 20.9 Å². The Bertz CT molecular complexity index is 527. The monoisotopic (exact) mass is 314 g/mol. The van der Waals surface area contributed by atoms with E-state index in [2.05, 4.69) is 41.6 Å². The highest BCUT2D eigenvalue weighted by atomic mass is 79.9. The number of hydrazine groups is 1. The first-order valence-electron chi connectivity index (χ1n) is 4.40. The molecule has 0 unspecified atom stereocenters.